The van der Waals surface area contributed by atoms with Gasteiger partial charge in [0.15, 0.2) is 0 Å². The predicted octanol–water partition coefficient (Wildman–Crippen LogP) is 7.43. The summed E-state index contributed by atoms with van der Waals surface area (Å²) < 4.78 is 14.4. The van der Waals surface area contributed by atoms with Gasteiger partial charge in [-0.1, -0.05) is 55.3 Å². The molecule has 0 radical (unpaired) electrons. The summed E-state index contributed by atoms with van der Waals surface area (Å²) in [5.41, 5.74) is 10.2. The first kappa shape index (κ1) is 26.5. The highest BCUT2D eigenvalue weighted by atomic mass is 16.5. The predicted molar refractivity (Wildman–Crippen MR) is 170 cm³/mol. The molecular weight excluding hydrogens is 534 g/mol. The molecule has 43 heavy (non-hydrogen) atoms. The van der Waals surface area contributed by atoms with Crippen LogP contribution in [0.5, 0.6) is 5.88 Å². The molecule has 220 valence electrons. The number of fused-ring (bicyclic) bond motifs is 2. The van der Waals surface area contributed by atoms with E-state index in [-0.39, 0.29) is 6.04 Å². The van der Waals surface area contributed by atoms with Gasteiger partial charge < -0.3 is 23.9 Å². The quantitative estimate of drug-likeness (QED) is 0.219. The number of imidazole rings is 1. The monoisotopic (exact) mass is 573 g/mol. The number of nitrogens with zero attached hydrogens (tertiary/aromatic N) is 4. The van der Waals surface area contributed by atoms with E-state index in [1.807, 2.05) is 24.4 Å². The molecule has 8 rings (SSSR count). The Morgan fingerprint density at radius 3 is 2.65 bits per heavy atom. The lowest BCUT2D eigenvalue weighted by molar-refractivity contribution is 0.122. The number of hydrogen-bond acceptors (Lipinski definition) is 5. The summed E-state index contributed by atoms with van der Waals surface area (Å²) in [6, 6.07) is 19.6. The SMILES string of the molecule is c1ccc(COc2cc3c(-c4c(C5CCCC5)ncn4C4CCCc5c4cccc5N4CCOCC4)c[nH]c3cn2)cc1. The van der Waals surface area contributed by atoms with Crippen molar-refractivity contribution in [2.45, 2.75) is 63.5 Å². The van der Waals surface area contributed by atoms with Gasteiger partial charge >= 0.3 is 0 Å². The molecule has 1 saturated heterocycles. The summed E-state index contributed by atoms with van der Waals surface area (Å²) in [6.07, 6.45) is 14.6. The Morgan fingerprint density at radius 1 is 0.930 bits per heavy atom. The first-order valence-electron chi connectivity index (χ1n) is 16.0. The van der Waals surface area contributed by atoms with Crippen molar-refractivity contribution in [3.05, 3.63) is 95.7 Å². The van der Waals surface area contributed by atoms with Gasteiger partial charge in [0.25, 0.3) is 0 Å². The van der Waals surface area contributed by atoms with Gasteiger partial charge in [-0.25, -0.2) is 9.97 Å². The third-order valence-corrected chi connectivity index (χ3v) is 9.73. The van der Waals surface area contributed by atoms with Crippen LogP contribution in [0.1, 0.15) is 72.9 Å². The van der Waals surface area contributed by atoms with Crippen LogP contribution in [0.25, 0.3) is 22.2 Å². The summed E-state index contributed by atoms with van der Waals surface area (Å²) >= 11 is 0. The van der Waals surface area contributed by atoms with E-state index in [4.69, 9.17) is 14.5 Å². The van der Waals surface area contributed by atoms with Crippen molar-refractivity contribution in [3.8, 4) is 17.1 Å². The summed E-state index contributed by atoms with van der Waals surface area (Å²) in [6.45, 7) is 4.02. The van der Waals surface area contributed by atoms with Gasteiger partial charge in [0.1, 0.15) is 6.61 Å². The Bertz CT molecular complexity index is 1710. The second-order valence-corrected chi connectivity index (χ2v) is 12.3. The molecule has 2 fully saturated rings. The zero-order valence-electron chi connectivity index (χ0n) is 24.7. The summed E-state index contributed by atoms with van der Waals surface area (Å²) in [5, 5.41) is 1.14. The number of anilines is 1. The largest absolute Gasteiger partial charge is 0.473 e. The highest BCUT2D eigenvalue weighted by molar-refractivity contribution is 5.95. The number of benzene rings is 2. The van der Waals surface area contributed by atoms with Crippen LogP contribution in [-0.4, -0.2) is 45.8 Å². The molecule has 7 heteroatoms. The summed E-state index contributed by atoms with van der Waals surface area (Å²) in [5.74, 6) is 1.14. The Balaban J connectivity index is 1.21. The molecule has 2 aliphatic carbocycles. The van der Waals surface area contributed by atoms with E-state index < -0.39 is 0 Å². The van der Waals surface area contributed by atoms with Crippen molar-refractivity contribution in [1.29, 1.82) is 0 Å². The average molecular weight is 574 g/mol. The molecule has 5 aromatic rings. The average Bonchev–Trinajstić information content (AvgIpc) is 3.84. The number of nitrogens with one attached hydrogen (secondary N) is 1. The number of rotatable bonds is 7. The highest BCUT2D eigenvalue weighted by Gasteiger charge is 2.32. The number of morpholine rings is 1. The molecule has 3 aliphatic rings. The molecule has 1 N–H and O–H groups in total. The Hall–Kier alpha value is -4.10. The first-order valence-corrected chi connectivity index (χ1v) is 16.0. The van der Waals surface area contributed by atoms with Crippen molar-refractivity contribution < 1.29 is 9.47 Å². The molecule has 0 bridgehead atoms. The van der Waals surface area contributed by atoms with E-state index in [0.29, 0.717) is 18.4 Å². The van der Waals surface area contributed by atoms with Gasteiger partial charge in [-0.2, -0.15) is 0 Å². The second kappa shape index (κ2) is 11.5. The third-order valence-electron chi connectivity index (χ3n) is 9.73. The van der Waals surface area contributed by atoms with Gasteiger partial charge in [-0.05, 0) is 54.9 Å². The van der Waals surface area contributed by atoms with Crippen molar-refractivity contribution in [2.75, 3.05) is 31.2 Å². The fraction of sp³-hybridized carbons (Fsp3) is 0.389. The summed E-state index contributed by atoms with van der Waals surface area (Å²) in [7, 11) is 0. The Labute approximate surface area is 252 Å². The van der Waals surface area contributed by atoms with E-state index >= 15 is 0 Å². The number of H-pyrrole nitrogens is 1. The minimum absolute atomic E-state index is 0.253. The topological polar surface area (TPSA) is 68.2 Å². The van der Waals surface area contributed by atoms with E-state index in [2.05, 4.69) is 68.4 Å². The molecule has 1 aliphatic heterocycles. The summed E-state index contributed by atoms with van der Waals surface area (Å²) in [4.78, 5) is 15.9. The number of aromatic amines is 1. The molecule has 0 spiro atoms. The molecule has 4 heterocycles. The van der Waals surface area contributed by atoms with Crippen LogP contribution in [0.15, 0.2) is 73.3 Å². The van der Waals surface area contributed by atoms with Crippen LogP contribution in [0.2, 0.25) is 0 Å². The number of ether oxygens (including phenoxy) is 2. The van der Waals surface area contributed by atoms with Crippen molar-refractivity contribution in [1.82, 2.24) is 19.5 Å². The lowest BCUT2D eigenvalue weighted by Crippen LogP contribution is -2.37. The highest BCUT2D eigenvalue weighted by Crippen LogP contribution is 2.45. The molecule has 3 aromatic heterocycles. The van der Waals surface area contributed by atoms with E-state index in [1.165, 1.54) is 65.9 Å². The van der Waals surface area contributed by atoms with Crippen LogP contribution in [0.3, 0.4) is 0 Å². The standard InChI is InChI=1S/C36H39N5O2/c1-2-8-25(9-3-1)23-43-34-20-29-30(21-37-31(29)22-38-34)36-35(26-10-4-5-11-26)39-24-41(36)33-15-7-12-27-28(33)13-6-14-32(27)40-16-18-42-19-17-40/h1-3,6,8-9,13-14,20-22,24,26,33,37H,4-5,7,10-12,15-19,23H2. The molecule has 0 amide bonds. The fourth-order valence-electron chi connectivity index (χ4n) is 7.59. The second-order valence-electron chi connectivity index (χ2n) is 12.3. The van der Waals surface area contributed by atoms with Crippen LogP contribution in [-0.2, 0) is 17.8 Å². The third kappa shape index (κ3) is 4.99. The van der Waals surface area contributed by atoms with Crippen LogP contribution in [0, 0.1) is 0 Å². The molecule has 1 unspecified atom stereocenters. The Morgan fingerprint density at radius 2 is 1.79 bits per heavy atom. The van der Waals surface area contributed by atoms with Crippen molar-refractivity contribution in [2.24, 2.45) is 0 Å². The van der Waals surface area contributed by atoms with E-state index in [0.717, 1.165) is 55.6 Å². The lowest BCUT2D eigenvalue weighted by Gasteiger charge is -2.35. The van der Waals surface area contributed by atoms with Gasteiger partial charge in [-0.3, -0.25) is 0 Å². The molecule has 7 nitrogen and oxygen atoms in total. The smallest absolute Gasteiger partial charge is 0.214 e. The zero-order valence-corrected chi connectivity index (χ0v) is 24.7. The van der Waals surface area contributed by atoms with Crippen LogP contribution >= 0.6 is 0 Å². The van der Waals surface area contributed by atoms with E-state index in [1.54, 1.807) is 0 Å². The van der Waals surface area contributed by atoms with E-state index in [9.17, 15) is 0 Å². The fourth-order valence-corrected chi connectivity index (χ4v) is 7.59. The maximum absolute atomic E-state index is 6.17. The maximum Gasteiger partial charge on any atom is 0.214 e. The van der Waals surface area contributed by atoms with Crippen molar-refractivity contribution in [3.63, 3.8) is 0 Å². The van der Waals surface area contributed by atoms with Gasteiger partial charge in [0.2, 0.25) is 5.88 Å². The zero-order chi connectivity index (χ0) is 28.6. The van der Waals surface area contributed by atoms with Crippen molar-refractivity contribution >= 4 is 16.6 Å². The van der Waals surface area contributed by atoms with Crippen LogP contribution < -0.4 is 9.64 Å². The molecule has 1 atom stereocenters. The lowest BCUT2D eigenvalue weighted by atomic mass is 9.85. The maximum atomic E-state index is 6.17. The minimum atomic E-state index is 0.253. The number of hydrogen-bond donors (Lipinski definition) is 1. The molecule has 1 saturated carbocycles. The Kier molecular flexibility index (Phi) is 7.11. The first-order chi connectivity index (χ1) is 21.3. The molecular formula is C36H39N5O2. The normalized spacial score (nSPS) is 19.2. The van der Waals surface area contributed by atoms with Gasteiger partial charge in [0.05, 0.1) is 48.7 Å². The number of aromatic nitrogens is 4. The minimum Gasteiger partial charge on any atom is -0.473 e. The van der Waals surface area contributed by atoms with Gasteiger partial charge in [-0.15, -0.1) is 0 Å². The number of pyridine rings is 1. The van der Waals surface area contributed by atoms with Gasteiger partial charge in [0, 0.05) is 47.9 Å². The molecule has 2 aromatic carbocycles. The van der Waals surface area contributed by atoms with Crippen LogP contribution in [0.4, 0.5) is 5.69 Å².